The fourth-order valence-electron chi connectivity index (χ4n) is 3.25. The number of aromatic nitrogens is 1. The number of aryl methyl sites for hydroxylation is 2. The summed E-state index contributed by atoms with van der Waals surface area (Å²) in [6.45, 7) is 5.72. The molecule has 0 saturated carbocycles. The number of benzene rings is 2. The van der Waals surface area contributed by atoms with Crippen molar-refractivity contribution in [3.05, 3.63) is 47.7 Å². The Balaban J connectivity index is 1.83. The molecule has 0 aliphatic rings. The molecule has 0 saturated heterocycles. The summed E-state index contributed by atoms with van der Waals surface area (Å²) in [5.41, 5.74) is 3.73. The van der Waals surface area contributed by atoms with Gasteiger partial charge in [0.25, 0.3) is 0 Å². The van der Waals surface area contributed by atoms with Crippen LogP contribution in [0.25, 0.3) is 10.9 Å². The summed E-state index contributed by atoms with van der Waals surface area (Å²) >= 11 is 5.42. The monoisotopic (exact) mass is 454 g/mol. The fraction of sp³-hybridized carbons (Fsp3) is 0.333. The quantitative estimate of drug-likeness (QED) is 0.482. The number of anilines is 1. The number of fused-ring (bicyclic) bond motifs is 1. The standard InChI is InChI=1S/C24H30N4O3S/c1-15-12-21(16(2)11-18(15)27-24(32)26-9-10-28(3)4)31-20-7-8-25-19-14-23(30-6)22(29-5)13-17(19)20/h7-8,11-14H,9-10H2,1-6H3,(H2,26,27,32). The van der Waals surface area contributed by atoms with Gasteiger partial charge in [-0.3, -0.25) is 4.98 Å². The summed E-state index contributed by atoms with van der Waals surface area (Å²) in [6, 6.07) is 9.62. The molecule has 170 valence electrons. The van der Waals surface area contributed by atoms with Crippen LogP contribution >= 0.6 is 12.2 Å². The maximum absolute atomic E-state index is 6.31. The van der Waals surface area contributed by atoms with Crippen molar-refractivity contribution in [1.29, 1.82) is 0 Å². The van der Waals surface area contributed by atoms with Crippen LogP contribution in [0.5, 0.6) is 23.0 Å². The van der Waals surface area contributed by atoms with Crippen LogP contribution in [0.2, 0.25) is 0 Å². The Bertz CT molecular complexity index is 1120. The number of rotatable bonds is 8. The zero-order valence-electron chi connectivity index (χ0n) is 19.4. The van der Waals surface area contributed by atoms with Gasteiger partial charge in [-0.2, -0.15) is 0 Å². The van der Waals surface area contributed by atoms with Crippen LogP contribution in [-0.4, -0.2) is 56.4 Å². The lowest BCUT2D eigenvalue weighted by atomic mass is 10.1. The van der Waals surface area contributed by atoms with Crippen molar-refractivity contribution in [3.63, 3.8) is 0 Å². The number of ether oxygens (including phenoxy) is 3. The maximum atomic E-state index is 6.31. The Morgan fingerprint density at radius 3 is 2.38 bits per heavy atom. The number of nitrogens with one attached hydrogen (secondary N) is 2. The number of pyridine rings is 1. The van der Waals surface area contributed by atoms with Crippen LogP contribution in [0.15, 0.2) is 36.5 Å². The summed E-state index contributed by atoms with van der Waals surface area (Å²) in [4.78, 5) is 6.54. The van der Waals surface area contributed by atoms with Gasteiger partial charge < -0.3 is 29.7 Å². The molecule has 0 unspecified atom stereocenters. The SMILES string of the molecule is COc1cc2nccc(Oc3cc(C)c(NC(=S)NCCN(C)C)cc3C)c2cc1OC. The van der Waals surface area contributed by atoms with E-state index in [1.807, 2.05) is 58.3 Å². The third kappa shape index (κ3) is 5.57. The first-order chi connectivity index (χ1) is 15.3. The molecule has 2 N–H and O–H groups in total. The molecule has 1 aromatic heterocycles. The Morgan fingerprint density at radius 1 is 0.969 bits per heavy atom. The van der Waals surface area contributed by atoms with E-state index in [4.69, 9.17) is 26.4 Å². The summed E-state index contributed by atoms with van der Waals surface area (Å²) in [5, 5.41) is 7.95. The van der Waals surface area contributed by atoms with Gasteiger partial charge in [-0.05, 0) is 75.6 Å². The van der Waals surface area contributed by atoms with Gasteiger partial charge >= 0.3 is 0 Å². The van der Waals surface area contributed by atoms with Crippen LogP contribution in [-0.2, 0) is 0 Å². The van der Waals surface area contributed by atoms with E-state index in [0.29, 0.717) is 22.4 Å². The van der Waals surface area contributed by atoms with E-state index in [9.17, 15) is 0 Å². The zero-order chi connectivity index (χ0) is 23.3. The molecule has 0 spiro atoms. The Morgan fingerprint density at radius 2 is 1.69 bits per heavy atom. The lowest BCUT2D eigenvalue weighted by Crippen LogP contribution is -2.34. The third-order valence-electron chi connectivity index (χ3n) is 5.04. The van der Waals surface area contributed by atoms with Gasteiger partial charge in [0.15, 0.2) is 16.6 Å². The molecular formula is C24H30N4O3S. The molecule has 0 amide bonds. The van der Waals surface area contributed by atoms with Crippen molar-refractivity contribution >= 4 is 33.9 Å². The van der Waals surface area contributed by atoms with Crippen molar-refractivity contribution in [1.82, 2.24) is 15.2 Å². The van der Waals surface area contributed by atoms with E-state index >= 15 is 0 Å². The van der Waals surface area contributed by atoms with E-state index < -0.39 is 0 Å². The molecule has 32 heavy (non-hydrogen) atoms. The van der Waals surface area contributed by atoms with Gasteiger partial charge in [-0.25, -0.2) is 0 Å². The number of nitrogens with zero attached hydrogens (tertiary/aromatic N) is 2. The van der Waals surface area contributed by atoms with Crippen LogP contribution < -0.4 is 24.8 Å². The minimum Gasteiger partial charge on any atom is -0.493 e. The van der Waals surface area contributed by atoms with Gasteiger partial charge in [0.05, 0.1) is 19.7 Å². The van der Waals surface area contributed by atoms with E-state index in [2.05, 4.69) is 20.5 Å². The number of hydrogen-bond donors (Lipinski definition) is 2. The Labute approximate surface area is 194 Å². The van der Waals surface area contributed by atoms with E-state index in [1.54, 1.807) is 20.4 Å². The molecule has 0 fully saturated rings. The van der Waals surface area contributed by atoms with Gasteiger partial charge in [0.1, 0.15) is 11.5 Å². The Kier molecular flexibility index (Phi) is 7.71. The number of methoxy groups -OCH3 is 2. The highest BCUT2D eigenvalue weighted by Crippen LogP contribution is 2.38. The zero-order valence-corrected chi connectivity index (χ0v) is 20.2. The third-order valence-corrected chi connectivity index (χ3v) is 5.29. The van der Waals surface area contributed by atoms with Gasteiger partial charge in [0.2, 0.25) is 0 Å². The number of likely N-dealkylation sites (N-methyl/N-ethyl adjacent to an activating group) is 1. The fourth-order valence-corrected chi connectivity index (χ4v) is 3.46. The molecule has 0 aliphatic carbocycles. The normalized spacial score (nSPS) is 10.8. The predicted molar refractivity (Wildman–Crippen MR) is 134 cm³/mol. The maximum Gasteiger partial charge on any atom is 0.170 e. The molecule has 2 aromatic carbocycles. The average Bonchev–Trinajstić information content (AvgIpc) is 2.76. The lowest BCUT2D eigenvalue weighted by Gasteiger charge is -2.17. The molecule has 3 aromatic rings. The van der Waals surface area contributed by atoms with Gasteiger partial charge in [-0.15, -0.1) is 0 Å². The summed E-state index contributed by atoms with van der Waals surface area (Å²) in [5.74, 6) is 2.71. The molecular weight excluding hydrogens is 424 g/mol. The van der Waals surface area contributed by atoms with E-state index in [-0.39, 0.29) is 0 Å². The van der Waals surface area contributed by atoms with Crippen LogP contribution in [0.3, 0.4) is 0 Å². The highest BCUT2D eigenvalue weighted by molar-refractivity contribution is 7.80. The van der Waals surface area contributed by atoms with Crippen molar-refractivity contribution in [3.8, 4) is 23.0 Å². The first-order valence-electron chi connectivity index (χ1n) is 10.3. The van der Waals surface area contributed by atoms with Crippen LogP contribution in [0.1, 0.15) is 11.1 Å². The first kappa shape index (κ1) is 23.6. The second-order valence-electron chi connectivity index (χ2n) is 7.75. The van der Waals surface area contributed by atoms with Crippen molar-refractivity contribution in [2.45, 2.75) is 13.8 Å². The molecule has 0 atom stereocenters. The molecule has 0 aliphatic heterocycles. The number of thiocarbonyl (C=S) groups is 1. The second kappa shape index (κ2) is 10.5. The van der Waals surface area contributed by atoms with Gasteiger partial charge in [0, 0.05) is 36.4 Å². The summed E-state index contributed by atoms with van der Waals surface area (Å²) in [6.07, 6.45) is 1.72. The smallest absolute Gasteiger partial charge is 0.170 e. The van der Waals surface area contributed by atoms with Crippen LogP contribution in [0, 0.1) is 13.8 Å². The molecule has 7 nitrogen and oxygen atoms in total. The second-order valence-corrected chi connectivity index (χ2v) is 8.16. The predicted octanol–water partition coefficient (Wildman–Crippen LogP) is 4.51. The van der Waals surface area contributed by atoms with Crippen molar-refractivity contribution in [2.75, 3.05) is 46.7 Å². The minimum atomic E-state index is 0.601. The summed E-state index contributed by atoms with van der Waals surface area (Å²) in [7, 11) is 7.28. The number of hydrogen-bond acceptors (Lipinski definition) is 6. The average molecular weight is 455 g/mol. The highest BCUT2D eigenvalue weighted by Gasteiger charge is 2.13. The molecule has 0 radical (unpaired) electrons. The molecule has 3 rings (SSSR count). The van der Waals surface area contributed by atoms with E-state index in [1.165, 1.54) is 0 Å². The van der Waals surface area contributed by atoms with Crippen LogP contribution in [0.4, 0.5) is 5.69 Å². The topological polar surface area (TPSA) is 67.9 Å². The van der Waals surface area contributed by atoms with Gasteiger partial charge in [-0.1, -0.05) is 0 Å². The van der Waals surface area contributed by atoms with Crippen molar-refractivity contribution < 1.29 is 14.2 Å². The molecule has 1 heterocycles. The highest BCUT2D eigenvalue weighted by atomic mass is 32.1. The largest absolute Gasteiger partial charge is 0.493 e. The lowest BCUT2D eigenvalue weighted by molar-refractivity contribution is 0.355. The summed E-state index contributed by atoms with van der Waals surface area (Å²) < 4.78 is 17.1. The molecule has 0 bridgehead atoms. The molecule has 8 heteroatoms. The van der Waals surface area contributed by atoms with E-state index in [0.717, 1.165) is 46.6 Å². The first-order valence-corrected chi connectivity index (χ1v) is 10.7. The minimum absolute atomic E-state index is 0.601. The van der Waals surface area contributed by atoms with Crippen molar-refractivity contribution in [2.24, 2.45) is 0 Å². The Hall–Kier alpha value is -3.10.